The van der Waals surface area contributed by atoms with Gasteiger partial charge < -0.3 is 10.2 Å². The third-order valence-corrected chi connectivity index (χ3v) is 6.74. The Kier molecular flexibility index (Phi) is 6.86. The van der Waals surface area contributed by atoms with Crippen LogP contribution in [-0.4, -0.2) is 32.3 Å². The van der Waals surface area contributed by atoms with Crippen molar-refractivity contribution in [2.75, 3.05) is 0 Å². The van der Waals surface area contributed by atoms with Gasteiger partial charge in [0.1, 0.15) is 6.04 Å². The van der Waals surface area contributed by atoms with Crippen LogP contribution in [0.5, 0.6) is 0 Å². The molecule has 1 atom stereocenters. The summed E-state index contributed by atoms with van der Waals surface area (Å²) in [7, 11) is 0. The number of hydrogen-bond donors (Lipinski definition) is 1. The van der Waals surface area contributed by atoms with Gasteiger partial charge in [-0.2, -0.15) is 0 Å². The smallest absolute Gasteiger partial charge is 0.276 e. The highest BCUT2D eigenvalue weighted by Gasteiger charge is 2.34. The average Bonchev–Trinajstić information content (AvgIpc) is 3.49. The molecule has 6 nitrogen and oxygen atoms in total. The van der Waals surface area contributed by atoms with Gasteiger partial charge in [0.2, 0.25) is 5.91 Å². The van der Waals surface area contributed by atoms with E-state index in [1.807, 2.05) is 47.8 Å². The summed E-state index contributed by atoms with van der Waals surface area (Å²) in [4.78, 5) is 29.6. The normalized spacial score (nSPS) is 15.5. The van der Waals surface area contributed by atoms with E-state index in [1.165, 1.54) is 6.42 Å². The molecule has 2 aromatic heterocycles. The van der Waals surface area contributed by atoms with Gasteiger partial charge in [0.05, 0.1) is 6.54 Å². The highest BCUT2D eigenvalue weighted by Crippen LogP contribution is 2.28. The van der Waals surface area contributed by atoms with Crippen molar-refractivity contribution >= 4 is 34.7 Å². The third kappa shape index (κ3) is 4.94. The summed E-state index contributed by atoms with van der Waals surface area (Å²) in [5.74, 6) is -0.425. The van der Waals surface area contributed by atoms with Crippen molar-refractivity contribution in [1.29, 1.82) is 0 Å². The zero-order valence-electron chi connectivity index (χ0n) is 16.6. The van der Waals surface area contributed by atoms with Crippen LogP contribution in [0.1, 0.15) is 59.1 Å². The molecular formula is C22H24N4O2S2. The van der Waals surface area contributed by atoms with Gasteiger partial charge in [-0.05, 0) is 41.4 Å². The molecule has 1 aliphatic carbocycles. The molecule has 0 radical (unpaired) electrons. The van der Waals surface area contributed by atoms with Crippen molar-refractivity contribution in [1.82, 2.24) is 19.8 Å². The molecule has 0 aliphatic heterocycles. The standard InChI is InChI=1S/C22H24N4O2S2/c27-21(23-17-10-5-2-6-11-17)20(16-8-3-1-4-9-16)26(14-18-12-7-13-29-18)22(28)19-15-30-25-24-19/h1,3-4,7-9,12-13,15,17,20H,2,5-6,10-11,14H2,(H,23,27)/t20-/m0/s1. The van der Waals surface area contributed by atoms with Crippen molar-refractivity contribution in [3.63, 3.8) is 0 Å². The number of nitrogens with one attached hydrogen (secondary N) is 1. The van der Waals surface area contributed by atoms with Crippen LogP contribution in [0, 0.1) is 0 Å². The van der Waals surface area contributed by atoms with Gasteiger partial charge in [-0.3, -0.25) is 9.59 Å². The molecule has 2 heterocycles. The van der Waals surface area contributed by atoms with E-state index in [0.717, 1.165) is 47.7 Å². The van der Waals surface area contributed by atoms with Crippen LogP contribution in [0.2, 0.25) is 0 Å². The molecule has 1 aromatic carbocycles. The van der Waals surface area contributed by atoms with Crippen molar-refractivity contribution in [2.24, 2.45) is 0 Å². The van der Waals surface area contributed by atoms with E-state index in [2.05, 4.69) is 14.9 Å². The topological polar surface area (TPSA) is 75.2 Å². The fourth-order valence-corrected chi connectivity index (χ4v) is 5.02. The van der Waals surface area contributed by atoms with Gasteiger partial charge in [-0.15, -0.1) is 16.4 Å². The predicted octanol–water partition coefficient (Wildman–Crippen LogP) is 4.43. The maximum atomic E-state index is 13.5. The molecular weight excluding hydrogens is 416 g/mol. The summed E-state index contributed by atoms with van der Waals surface area (Å²) in [5.41, 5.74) is 1.06. The molecule has 156 valence electrons. The highest BCUT2D eigenvalue weighted by atomic mass is 32.1. The van der Waals surface area contributed by atoms with Crippen molar-refractivity contribution in [3.8, 4) is 0 Å². The van der Waals surface area contributed by atoms with Gasteiger partial charge in [0.15, 0.2) is 5.69 Å². The van der Waals surface area contributed by atoms with Crippen LogP contribution in [-0.2, 0) is 11.3 Å². The van der Waals surface area contributed by atoms with Gasteiger partial charge in [-0.1, -0.05) is 60.1 Å². The van der Waals surface area contributed by atoms with E-state index in [1.54, 1.807) is 21.6 Å². The minimum absolute atomic E-state index is 0.138. The Morgan fingerprint density at radius 3 is 2.57 bits per heavy atom. The fraction of sp³-hybridized carbons (Fsp3) is 0.364. The first kappa shape index (κ1) is 20.7. The number of aromatic nitrogens is 2. The SMILES string of the molecule is O=C(NC1CCCCC1)[C@H](c1ccccc1)N(Cc1cccs1)C(=O)c1csnn1. The van der Waals surface area contributed by atoms with Crippen molar-refractivity contribution in [2.45, 2.75) is 50.7 Å². The lowest BCUT2D eigenvalue weighted by atomic mass is 9.94. The largest absolute Gasteiger partial charge is 0.351 e. The van der Waals surface area contributed by atoms with Crippen LogP contribution in [0.4, 0.5) is 0 Å². The second-order valence-corrected chi connectivity index (χ2v) is 9.10. The molecule has 30 heavy (non-hydrogen) atoms. The highest BCUT2D eigenvalue weighted by molar-refractivity contribution is 7.09. The number of carbonyl (C=O) groups excluding carboxylic acids is 2. The number of thiophene rings is 1. The zero-order valence-corrected chi connectivity index (χ0v) is 18.2. The Hall–Kier alpha value is -2.58. The molecule has 0 spiro atoms. The number of benzene rings is 1. The minimum Gasteiger partial charge on any atom is -0.351 e. The van der Waals surface area contributed by atoms with E-state index < -0.39 is 6.04 Å². The molecule has 0 bridgehead atoms. The first-order chi connectivity index (χ1) is 14.7. The maximum Gasteiger partial charge on any atom is 0.276 e. The monoisotopic (exact) mass is 440 g/mol. The van der Waals surface area contributed by atoms with Crippen LogP contribution in [0.15, 0.2) is 53.2 Å². The lowest BCUT2D eigenvalue weighted by molar-refractivity contribution is -0.127. The predicted molar refractivity (Wildman–Crippen MR) is 118 cm³/mol. The summed E-state index contributed by atoms with van der Waals surface area (Å²) < 4.78 is 3.84. The van der Waals surface area contributed by atoms with E-state index in [4.69, 9.17) is 0 Å². The van der Waals surface area contributed by atoms with E-state index in [-0.39, 0.29) is 23.6 Å². The minimum atomic E-state index is -0.732. The second kappa shape index (κ2) is 9.95. The lowest BCUT2D eigenvalue weighted by Crippen LogP contribution is -2.46. The molecule has 2 amide bonds. The lowest BCUT2D eigenvalue weighted by Gasteiger charge is -2.32. The number of nitrogens with zero attached hydrogens (tertiary/aromatic N) is 3. The first-order valence-electron chi connectivity index (χ1n) is 10.2. The van der Waals surface area contributed by atoms with E-state index in [9.17, 15) is 9.59 Å². The van der Waals surface area contributed by atoms with Gasteiger partial charge in [-0.25, -0.2) is 0 Å². The molecule has 1 N–H and O–H groups in total. The van der Waals surface area contributed by atoms with Crippen molar-refractivity contribution in [3.05, 3.63) is 69.4 Å². The average molecular weight is 441 g/mol. The fourth-order valence-electron chi connectivity index (χ4n) is 3.89. The van der Waals surface area contributed by atoms with Gasteiger partial charge in [0.25, 0.3) is 5.91 Å². The summed E-state index contributed by atoms with van der Waals surface area (Å²) >= 11 is 2.70. The van der Waals surface area contributed by atoms with Crippen molar-refractivity contribution < 1.29 is 9.59 Å². The molecule has 3 aromatic rings. The van der Waals surface area contributed by atoms with Crippen LogP contribution in [0.25, 0.3) is 0 Å². The quantitative estimate of drug-likeness (QED) is 0.590. The first-order valence-corrected chi connectivity index (χ1v) is 11.9. The Balaban J connectivity index is 1.68. The number of rotatable bonds is 7. The molecule has 0 unspecified atom stereocenters. The summed E-state index contributed by atoms with van der Waals surface area (Å²) in [5, 5.41) is 10.8. The second-order valence-electron chi connectivity index (χ2n) is 7.46. The molecule has 1 fully saturated rings. The van der Waals surface area contributed by atoms with Gasteiger partial charge >= 0.3 is 0 Å². The summed E-state index contributed by atoms with van der Waals surface area (Å²) in [6.07, 6.45) is 5.45. The number of amides is 2. The zero-order chi connectivity index (χ0) is 20.8. The van der Waals surface area contributed by atoms with Gasteiger partial charge in [0, 0.05) is 16.3 Å². The number of hydrogen-bond acceptors (Lipinski definition) is 6. The van der Waals surface area contributed by atoms with Crippen LogP contribution < -0.4 is 5.32 Å². The number of carbonyl (C=O) groups is 2. The molecule has 8 heteroatoms. The summed E-state index contributed by atoms with van der Waals surface area (Å²) in [6, 6.07) is 12.9. The molecule has 1 aliphatic rings. The molecule has 0 saturated heterocycles. The van der Waals surface area contributed by atoms with E-state index in [0.29, 0.717) is 6.54 Å². The Bertz CT molecular complexity index is 939. The third-order valence-electron chi connectivity index (χ3n) is 5.37. The Morgan fingerprint density at radius 2 is 1.90 bits per heavy atom. The Labute approximate surface area is 184 Å². The summed E-state index contributed by atoms with van der Waals surface area (Å²) in [6.45, 7) is 0.339. The molecule has 1 saturated carbocycles. The maximum absolute atomic E-state index is 13.5. The van der Waals surface area contributed by atoms with Crippen LogP contribution in [0.3, 0.4) is 0 Å². The Morgan fingerprint density at radius 1 is 1.10 bits per heavy atom. The van der Waals surface area contributed by atoms with E-state index >= 15 is 0 Å². The van der Waals surface area contributed by atoms with Crippen LogP contribution >= 0.6 is 22.9 Å². The molecule has 4 rings (SSSR count).